The lowest BCUT2D eigenvalue weighted by Gasteiger charge is -2.19. The van der Waals surface area contributed by atoms with Crippen LogP contribution in [0, 0.1) is 0 Å². The number of aryl methyl sites for hydroxylation is 1. The number of nitrogens with zero attached hydrogens (tertiary/aromatic N) is 2. The number of sulfone groups is 1. The fourth-order valence-electron chi connectivity index (χ4n) is 3.88. The summed E-state index contributed by atoms with van der Waals surface area (Å²) in [6.07, 6.45) is 3.78. The number of amides is 1. The van der Waals surface area contributed by atoms with E-state index >= 15 is 4.39 Å². The molecule has 1 amide bonds. The minimum absolute atomic E-state index is 0.103. The summed E-state index contributed by atoms with van der Waals surface area (Å²) in [4.78, 5) is 12.3. The third-order valence-electron chi connectivity index (χ3n) is 5.58. The molecule has 3 aromatic rings. The third kappa shape index (κ3) is 5.88. The lowest BCUT2D eigenvalue weighted by atomic mass is 9.92. The van der Waals surface area contributed by atoms with Crippen LogP contribution in [-0.2, 0) is 27.6 Å². The molecule has 7 nitrogen and oxygen atoms in total. The number of carbonyl (C=O) groups excluding carboxylic acids is 1. The van der Waals surface area contributed by atoms with Crippen LogP contribution in [0.1, 0.15) is 29.7 Å². The van der Waals surface area contributed by atoms with Crippen LogP contribution in [0.25, 0.3) is 5.57 Å². The molecule has 35 heavy (non-hydrogen) atoms. The Bertz CT molecular complexity index is 1360. The van der Waals surface area contributed by atoms with E-state index in [1.807, 2.05) is 24.3 Å². The summed E-state index contributed by atoms with van der Waals surface area (Å²) in [7, 11) is -2.35. The number of carbonyl (C=O) groups is 1. The predicted molar refractivity (Wildman–Crippen MR) is 135 cm³/mol. The Kier molecular flexibility index (Phi) is 7.85. The first-order valence-corrected chi connectivity index (χ1v) is 13.9. The highest BCUT2D eigenvalue weighted by molar-refractivity contribution is 7.94. The molecule has 1 aliphatic rings. The van der Waals surface area contributed by atoms with Gasteiger partial charge in [0.15, 0.2) is 9.84 Å². The molecule has 12 heteroatoms. The Labute approximate surface area is 216 Å². The molecule has 0 saturated carbocycles. The molecule has 2 heterocycles. The standard InChI is InChI=1S/C23H22Cl2FN3O4S2/c1-33-16-7-5-14(6-8-16)12-29-22-15(10-28-29)3-2-4-17(22)19(26)11-27-20(30)13-35(31,32)21-9-18(24)23(25)34-21/h5-10H,2-4,11-13H2,1H3,(H,27,30)/b19-17-. The van der Waals surface area contributed by atoms with Crippen molar-refractivity contribution >= 4 is 55.9 Å². The maximum atomic E-state index is 15.3. The number of ether oxygens (including phenoxy) is 1. The molecule has 1 N–H and O–H groups in total. The molecule has 0 radical (unpaired) electrons. The van der Waals surface area contributed by atoms with E-state index in [1.54, 1.807) is 18.0 Å². The molecule has 0 fully saturated rings. The van der Waals surface area contributed by atoms with Gasteiger partial charge in [-0.2, -0.15) is 5.10 Å². The number of allylic oxidation sites excluding steroid dienone is 1. The number of benzene rings is 1. The number of hydrogen-bond donors (Lipinski definition) is 1. The van der Waals surface area contributed by atoms with Crippen LogP contribution in [0.3, 0.4) is 0 Å². The quantitative estimate of drug-likeness (QED) is 0.424. The highest BCUT2D eigenvalue weighted by atomic mass is 35.5. The van der Waals surface area contributed by atoms with E-state index in [-0.39, 0.29) is 13.6 Å². The monoisotopic (exact) mass is 557 g/mol. The molecule has 0 aliphatic heterocycles. The second kappa shape index (κ2) is 10.7. The normalized spacial score (nSPS) is 15.0. The molecule has 186 valence electrons. The van der Waals surface area contributed by atoms with Gasteiger partial charge in [-0.3, -0.25) is 9.48 Å². The molecule has 1 aromatic carbocycles. The first kappa shape index (κ1) is 25.7. The van der Waals surface area contributed by atoms with Gasteiger partial charge in [0, 0.05) is 5.57 Å². The van der Waals surface area contributed by atoms with Crippen molar-refractivity contribution in [1.82, 2.24) is 15.1 Å². The average molecular weight is 558 g/mol. The van der Waals surface area contributed by atoms with Gasteiger partial charge in [-0.15, -0.1) is 11.3 Å². The van der Waals surface area contributed by atoms with Gasteiger partial charge in [-0.05, 0) is 48.6 Å². The van der Waals surface area contributed by atoms with E-state index < -0.39 is 33.9 Å². The van der Waals surface area contributed by atoms with Crippen LogP contribution in [-0.4, -0.2) is 43.5 Å². The molecule has 0 spiro atoms. The zero-order valence-electron chi connectivity index (χ0n) is 18.7. The molecule has 0 bridgehead atoms. The first-order valence-electron chi connectivity index (χ1n) is 10.7. The van der Waals surface area contributed by atoms with Gasteiger partial charge in [0.05, 0.1) is 37.1 Å². The van der Waals surface area contributed by atoms with E-state index in [9.17, 15) is 13.2 Å². The van der Waals surface area contributed by atoms with Crippen molar-refractivity contribution in [2.75, 3.05) is 19.4 Å². The predicted octanol–water partition coefficient (Wildman–Crippen LogP) is 4.92. The van der Waals surface area contributed by atoms with Crippen LogP contribution in [0.2, 0.25) is 9.36 Å². The number of hydrogen-bond acceptors (Lipinski definition) is 6. The third-order valence-corrected chi connectivity index (χ3v) is 9.63. The fraction of sp³-hybridized carbons (Fsp3) is 0.304. The topological polar surface area (TPSA) is 90.3 Å². The Morgan fingerprint density at radius 1 is 1.26 bits per heavy atom. The van der Waals surface area contributed by atoms with Gasteiger partial charge in [0.2, 0.25) is 5.91 Å². The van der Waals surface area contributed by atoms with Gasteiger partial charge in [0.25, 0.3) is 0 Å². The highest BCUT2D eigenvalue weighted by Gasteiger charge is 2.25. The van der Waals surface area contributed by atoms with Crippen molar-refractivity contribution in [1.29, 1.82) is 0 Å². The minimum Gasteiger partial charge on any atom is -0.497 e. The number of halogens is 3. The summed E-state index contributed by atoms with van der Waals surface area (Å²) < 4.78 is 47.1. The Balaban J connectivity index is 1.47. The number of nitrogens with one attached hydrogen (secondary N) is 1. The second-order valence-corrected chi connectivity index (χ2v) is 12.3. The van der Waals surface area contributed by atoms with Crippen molar-refractivity contribution < 1.29 is 22.3 Å². The van der Waals surface area contributed by atoms with Crippen molar-refractivity contribution in [3.8, 4) is 5.75 Å². The van der Waals surface area contributed by atoms with Crippen LogP contribution >= 0.6 is 34.5 Å². The first-order chi connectivity index (χ1) is 16.7. The van der Waals surface area contributed by atoms with Gasteiger partial charge >= 0.3 is 0 Å². The highest BCUT2D eigenvalue weighted by Crippen LogP contribution is 2.35. The van der Waals surface area contributed by atoms with Crippen LogP contribution in [0.4, 0.5) is 4.39 Å². The lowest BCUT2D eigenvalue weighted by molar-refractivity contribution is -0.118. The minimum atomic E-state index is -3.94. The molecule has 4 rings (SSSR count). The van der Waals surface area contributed by atoms with Gasteiger partial charge in [-0.1, -0.05) is 35.3 Å². The van der Waals surface area contributed by atoms with Crippen LogP contribution < -0.4 is 10.1 Å². The smallest absolute Gasteiger partial charge is 0.235 e. The van der Waals surface area contributed by atoms with E-state index in [1.165, 1.54) is 6.07 Å². The Morgan fingerprint density at radius 2 is 2.00 bits per heavy atom. The molecular formula is C23H22Cl2FN3O4S2. The summed E-state index contributed by atoms with van der Waals surface area (Å²) in [6, 6.07) is 8.75. The summed E-state index contributed by atoms with van der Waals surface area (Å²) in [5.41, 5.74) is 3.09. The van der Waals surface area contributed by atoms with Crippen molar-refractivity contribution in [3.63, 3.8) is 0 Å². The maximum absolute atomic E-state index is 15.3. The zero-order chi connectivity index (χ0) is 25.2. The molecule has 0 atom stereocenters. The van der Waals surface area contributed by atoms with Crippen molar-refractivity contribution in [3.05, 3.63) is 68.5 Å². The van der Waals surface area contributed by atoms with E-state index in [4.69, 9.17) is 27.9 Å². The van der Waals surface area contributed by atoms with Crippen LogP contribution in [0.15, 0.2) is 46.6 Å². The number of methoxy groups -OCH3 is 1. The van der Waals surface area contributed by atoms with Crippen LogP contribution in [0.5, 0.6) is 5.75 Å². The summed E-state index contributed by atoms with van der Waals surface area (Å²) in [5.74, 6) is -1.42. The summed E-state index contributed by atoms with van der Waals surface area (Å²) in [6.45, 7) is 0.0371. The van der Waals surface area contributed by atoms with E-state index in [0.717, 1.165) is 41.1 Å². The van der Waals surface area contributed by atoms with Gasteiger partial charge in [0.1, 0.15) is 25.9 Å². The maximum Gasteiger partial charge on any atom is 0.235 e. The molecular weight excluding hydrogens is 536 g/mol. The number of rotatable bonds is 8. The molecule has 0 unspecified atom stereocenters. The molecule has 0 saturated heterocycles. The molecule has 1 aliphatic carbocycles. The Hall–Kier alpha value is -2.40. The average Bonchev–Trinajstić information content (AvgIpc) is 3.41. The fourth-order valence-corrected chi connectivity index (χ4v) is 7.00. The van der Waals surface area contributed by atoms with Gasteiger partial charge < -0.3 is 10.1 Å². The largest absolute Gasteiger partial charge is 0.497 e. The zero-order valence-corrected chi connectivity index (χ0v) is 21.8. The summed E-state index contributed by atoms with van der Waals surface area (Å²) >= 11 is 12.4. The Morgan fingerprint density at radius 3 is 2.66 bits per heavy atom. The summed E-state index contributed by atoms with van der Waals surface area (Å²) in [5, 5.41) is 6.93. The number of fused-ring (bicyclic) bond motifs is 1. The second-order valence-electron chi connectivity index (χ2n) is 7.98. The van der Waals surface area contributed by atoms with E-state index in [2.05, 4.69) is 10.4 Å². The van der Waals surface area contributed by atoms with Crippen molar-refractivity contribution in [2.45, 2.75) is 30.0 Å². The van der Waals surface area contributed by atoms with Crippen molar-refractivity contribution in [2.24, 2.45) is 0 Å². The lowest BCUT2D eigenvalue weighted by Crippen LogP contribution is -2.31. The number of thiophene rings is 1. The number of aromatic nitrogens is 2. The van der Waals surface area contributed by atoms with Gasteiger partial charge in [-0.25, -0.2) is 12.8 Å². The SMILES string of the molecule is COc1ccc(Cn2ncc3c2/C(=C(\F)CNC(=O)CS(=O)(=O)c2cc(Cl)c(Cl)s2)CCC3)cc1. The van der Waals surface area contributed by atoms with E-state index in [0.29, 0.717) is 24.2 Å². The molecule has 2 aromatic heterocycles.